The lowest BCUT2D eigenvalue weighted by molar-refractivity contribution is 0.0922. The summed E-state index contributed by atoms with van der Waals surface area (Å²) in [5, 5.41) is 6.98. The Kier molecular flexibility index (Phi) is 5.53. The van der Waals surface area contributed by atoms with Gasteiger partial charge in [0.05, 0.1) is 0 Å². The molecule has 1 aromatic carbocycles. The van der Waals surface area contributed by atoms with E-state index >= 15 is 0 Å². The average molecular weight is 359 g/mol. The number of aromatic nitrogens is 2. The van der Waals surface area contributed by atoms with Crippen LogP contribution in [0.4, 0.5) is 11.5 Å². The molecule has 0 saturated heterocycles. The number of hydrogen-bond donors (Lipinski definition) is 2. The van der Waals surface area contributed by atoms with E-state index in [1.54, 1.807) is 13.0 Å². The van der Waals surface area contributed by atoms with Crippen LogP contribution in [0.3, 0.4) is 0 Å². The summed E-state index contributed by atoms with van der Waals surface area (Å²) < 4.78 is 0. The standard InChI is InChI=1S/C19H23ClN4O/c1-12-8-9-14(20)10-16(12)24-18-11-17(21-13(2)22-18)19(25)23-15-6-4-3-5-7-15/h8-11,15H,3-7H2,1-2H3,(H,23,25)(H,21,22,24). The monoisotopic (exact) mass is 358 g/mol. The Morgan fingerprint density at radius 2 is 1.88 bits per heavy atom. The average Bonchev–Trinajstić information content (AvgIpc) is 2.58. The highest BCUT2D eigenvalue weighted by atomic mass is 35.5. The van der Waals surface area contributed by atoms with Gasteiger partial charge in [0.25, 0.3) is 5.91 Å². The van der Waals surface area contributed by atoms with Crippen LogP contribution < -0.4 is 10.6 Å². The lowest BCUT2D eigenvalue weighted by Crippen LogP contribution is -2.36. The van der Waals surface area contributed by atoms with Gasteiger partial charge in [-0.05, 0) is 44.4 Å². The maximum absolute atomic E-state index is 12.5. The largest absolute Gasteiger partial charge is 0.348 e. The van der Waals surface area contributed by atoms with Crippen LogP contribution in [0.5, 0.6) is 0 Å². The van der Waals surface area contributed by atoms with Gasteiger partial charge in [0, 0.05) is 22.8 Å². The molecule has 1 amide bonds. The highest BCUT2D eigenvalue weighted by Crippen LogP contribution is 2.24. The van der Waals surface area contributed by atoms with Crippen LogP contribution in [0.15, 0.2) is 24.3 Å². The summed E-state index contributed by atoms with van der Waals surface area (Å²) in [5.41, 5.74) is 2.30. The summed E-state index contributed by atoms with van der Waals surface area (Å²) in [6.45, 7) is 3.77. The first-order valence-electron chi connectivity index (χ1n) is 8.71. The third-order valence-corrected chi connectivity index (χ3v) is 4.71. The number of rotatable bonds is 4. The number of carbonyl (C=O) groups is 1. The maximum Gasteiger partial charge on any atom is 0.270 e. The second-order valence-corrected chi connectivity index (χ2v) is 7.01. The Balaban J connectivity index is 1.77. The fourth-order valence-corrected chi connectivity index (χ4v) is 3.29. The van der Waals surface area contributed by atoms with Crippen molar-refractivity contribution in [3.05, 3.63) is 46.4 Å². The molecule has 0 atom stereocenters. The molecule has 1 aliphatic carbocycles. The van der Waals surface area contributed by atoms with Crippen molar-refractivity contribution in [1.82, 2.24) is 15.3 Å². The second-order valence-electron chi connectivity index (χ2n) is 6.58. The molecule has 0 bridgehead atoms. The van der Waals surface area contributed by atoms with Gasteiger partial charge in [0.2, 0.25) is 0 Å². The van der Waals surface area contributed by atoms with Gasteiger partial charge >= 0.3 is 0 Å². The number of halogens is 1. The molecule has 1 aromatic heterocycles. The number of amides is 1. The van der Waals surface area contributed by atoms with E-state index < -0.39 is 0 Å². The summed E-state index contributed by atoms with van der Waals surface area (Å²) in [7, 11) is 0. The minimum absolute atomic E-state index is 0.136. The lowest BCUT2D eigenvalue weighted by Gasteiger charge is -2.22. The van der Waals surface area contributed by atoms with Crippen molar-refractivity contribution in [2.24, 2.45) is 0 Å². The maximum atomic E-state index is 12.5. The topological polar surface area (TPSA) is 66.9 Å². The van der Waals surface area contributed by atoms with Crippen LogP contribution >= 0.6 is 11.6 Å². The van der Waals surface area contributed by atoms with Crippen molar-refractivity contribution in [3.63, 3.8) is 0 Å². The Morgan fingerprint density at radius 3 is 2.64 bits per heavy atom. The van der Waals surface area contributed by atoms with Gasteiger partial charge in [-0.25, -0.2) is 9.97 Å². The smallest absolute Gasteiger partial charge is 0.270 e. The fourth-order valence-electron chi connectivity index (χ4n) is 3.12. The highest BCUT2D eigenvalue weighted by Gasteiger charge is 2.18. The van der Waals surface area contributed by atoms with Gasteiger partial charge < -0.3 is 10.6 Å². The molecule has 2 N–H and O–H groups in total. The zero-order valence-electron chi connectivity index (χ0n) is 14.6. The fraction of sp³-hybridized carbons (Fsp3) is 0.421. The molecule has 2 aromatic rings. The van der Waals surface area contributed by atoms with E-state index in [-0.39, 0.29) is 11.9 Å². The molecule has 0 radical (unpaired) electrons. The molecule has 25 heavy (non-hydrogen) atoms. The number of nitrogens with zero attached hydrogens (tertiary/aromatic N) is 2. The molecule has 1 fully saturated rings. The zero-order valence-corrected chi connectivity index (χ0v) is 15.4. The van der Waals surface area contributed by atoms with Crippen molar-refractivity contribution in [3.8, 4) is 0 Å². The van der Waals surface area contributed by atoms with Gasteiger partial charge in [-0.2, -0.15) is 0 Å². The Labute approximate surface area is 153 Å². The summed E-state index contributed by atoms with van der Waals surface area (Å²) in [5.74, 6) is 1.01. The molecule has 1 heterocycles. The molecule has 3 rings (SSSR count). The first-order valence-corrected chi connectivity index (χ1v) is 9.09. The summed E-state index contributed by atoms with van der Waals surface area (Å²) >= 11 is 6.07. The highest BCUT2D eigenvalue weighted by molar-refractivity contribution is 6.30. The lowest BCUT2D eigenvalue weighted by atomic mass is 9.95. The first-order chi connectivity index (χ1) is 12.0. The summed E-state index contributed by atoms with van der Waals surface area (Å²) in [6.07, 6.45) is 5.69. The molecular weight excluding hydrogens is 336 g/mol. The van der Waals surface area contributed by atoms with E-state index in [1.165, 1.54) is 19.3 Å². The van der Waals surface area contributed by atoms with Crippen molar-refractivity contribution in [2.45, 2.75) is 52.0 Å². The van der Waals surface area contributed by atoms with Crippen LogP contribution in [-0.2, 0) is 0 Å². The molecule has 0 aliphatic heterocycles. The van der Waals surface area contributed by atoms with E-state index in [1.807, 2.05) is 25.1 Å². The van der Waals surface area contributed by atoms with Crippen LogP contribution in [0.1, 0.15) is 54.0 Å². The minimum atomic E-state index is -0.136. The SMILES string of the molecule is Cc1nc(Nc2cc(Cl)ccc2C)cc(C(=O)NC2CCCCC2)n1. The van der Waals surface area contributed by atoms with Crippen molar-refractivity contribution in [2.75, 3.05) is 5.32 Å². The van der Waals surface area contributed by atoms with E-state index in [9.17, 15) is 4.79 Å². The predicted octanol–water partition coefficient (Wildman–Crippen LogP) is 4.55. The summed E-state index contributed by atoms with van der Waals surface area (Å²) in [6, 6.07) is 7.57. The third kappa shape index (κ3) is 4.69. The molecule has 5 nitrogen and oxygen atoms in total. The molecule has 132 valence electrons. The Morgan fingerprint density at radius 1 is 1.12 bits per heavy atom. The first kappa shape index (κ1) is 17.7. The van der Waals surface area contributed by atoms with Crippen LogP contribution in [0.2, 0.25) is 5.02 Å². The van der Waals surface area contributed by atoms with Crippen molar-refractivity contribution >= 4 is 29.0 Å². The van der Waals surface area contributed by atoms with Crippen LogP contribution in [0.25, 0.3) is 0 Å². The molecule has 1 saturated carbocycles. The number of aryl methyl sites for hydroxylation is 2. The zero-order chi connectivity index (χ0) is 17.8. The van der Waals surface area contributed by atoms with E-state index in [0.717, 1.165) is 24.1 Å². The van der Waals surface area contributed by atoms with Gasteiger partial charge in [0.15, 0.2) is 0 Å². The van der Waals surface area contributed by atoms with Gasteiger partial charge in [0.1, 0.15) is 17.3 Å². The van der Waals surface area contributed by atoms with E-state index in [4.69, 9.17) is 11.6 Å². The number of anilines is 2. The van der Waals surface area contributed by atoms with Crippen molar-refractivity contribution in [1.29, 1.82) is 0 Å². The van der Waals surface area contributed by atoms with E-state index in [0.29, 0.717) is 22.4 Å². The number of carbonyl (C=O) groups excluding carboxylic acids is 1. The molecule has 6 heteroatoms. The number of benzene rings is 1. The molecule has 0 spiro atoms. The Bertz CT molecular complexity index is 772. The van der Waals surface area contributed by atoms with Gasteiger partial charge in [-0.15, -0.1) is 0 Å². The number of hydrogen-bond acceptors (Lipinski definition) is 4. The van der Waals surface area contributed by atoms with Crippen molar-refractivity contribution < 1.29 is 4.79 Å². The van der Waals surface area contributed by atoms with Gasteiger partial charge in [-0.3, -0.25) is 4.79 Å². The van der Waals surface area contributed by atoms with E-state index in [2.05, 4.69) is 20.6 Å². The number of nitrogens with one attached hydrogen (secondary N) is 2. The Hall–Kier alpha value is -2.14. The summed E-state index contributed by atoms with van der Waals surface area (Å²) in [4.78, 5) is 21.2. The predicted molar refractivity (Wildman–Crippen MR) is 101 cm³/mol. The molecule has 1 aliphatic rings. The third-order valence-electron chi connectivity index (χ3n) is 4.47. The normalized spacial score (nSPS) is 15.0. The molecule has 0 unspecified atom stereocenters. The van der Waals surface area contributed by atoms with Crippen LogP contribution in [0, 0.1) is 13.8 Å². The van der Waals surface area contributed by atoms with Crippen LogP contribution in [-0.4, -0.2) is 21.9 Å². The minimum Gasteiger partial charge on any atom is -0.348 e. The van der Waals surface area contributed by atoms with Gasteiger partial charge in [-0.1, -0.05) is 36.9 Å². The quantitative estimate of drug-likeness (QED) is 0.841. The second kappa shape index (κ2) is 7.83. The molecular formula is C19H23ClN4O.